The van der Waals surface area contributed by atoms with E-state index in [2.05, 4.69) is 40.3 Å². The molecule has 2 aromatic rings. The van der Waals surface area contributed by atoms with Crippen molar-refractivity contribution in [2.75, 3.05) is 55.0 Å². The van der Waals surface area contributed by atoms with Crippen LogP contribution < -0.4 is 25.2 Å². The van der Waals surface area contributed by atoms with Gasteiger partial charge in [0.2, 0.25) is 5.91 Å². The van der Waals surface area contributed by atoms with Gasteiger partial charge in [-0.1, -0.05) is 46.8 Å². The molecular weight excluding hydrogens is 428 g/mol. The monoisotopic (exact) mass is 466 g/mol. The lowest BCUT2D eigenvalue weighted by molar-refractivity contribution is -0.123. The zero-order chi connectivity index (χ0) is 24.9. The number of hydrogen-bond acceptors (Lipinski definition) is 5. The third-order valence-corrected chi connectivity index (χ3v) is 5.90. The fraction of sp³-hybridized carbons (Fsp3) is 0.481. The van der Waals surface area contributed by atoms with E-state index in [0.29, 0.717) is 23.7 Å². The molecule has 0 atom stereocenters. The number of benzene rings is 2. The van der Waals surface area contributed by atoms with Crippen molar-refractivity contribution in [3.63, 3.8) is 0 Å². The molecule has 1 aliphatic rings. The zero-order valence-electron chi connectivity index (χ0n) is 21.3. The highest BCUT2D eigenvalue weighted by Gasteiger charge is 2.25. The van der Waals surface area contributed by atoms with Gasteiger partial charge in [-0.15, -0.1) is 0 Å². The predicted molar refractivity (Wildman–Crippen MR) is 139 cm³/mol. The van der Waals surface area contributed by atoms with Crippen LogP contribution in [-0.4, -0.2) is 51.6 Å². The highest BCUT2D eigenvalue weighted by Crippen LogP contribution is 2.31. The minimum atomic E-state index is -0.520. The summed E-state index contributed by atoms with van der Waals surface area (Å²) in [6.07, 6.45) is 0. The van der Waals surface area contributed by atoms with Crippen LogP contribution in [0.5, 0.6) is 5.75 Å². The fourth-order valence-electron chi connectivity index (χ4n) is 3.86. The van der Waals surface area contributed by atoms with E-state index in [4.69, 9.17) is 4.74 Å². The van der Waals surface area contributed by atoms with Crippen molar-refractivity contribution in [1.82, 2.24) is 5.32 Å². The Balaban J connectivity index is 1.82. The first-order valence-corrected chi connectivity index (χ1v) is 12.0. The number of carbonyl (C=O) groups excluding carboxylic acids is 2. The van der Waals surface area contributed by atoms with Gasteiger partial charge in [0.05, 0.1) is 18.4 Å². The van der Waals surface area contributed by atoms with Crippen LogP contribution in [0.15, 0.2) is 42.5 Å². The molecular formula is C27H38N4O3. The van der Waals surface area contributed by atoms with Crippen LogP contribution in [0.4, 0.5) is 17.1 Å². The number of nitrogens with zero attached hydrogens (tertiary/aromatic N) is 2. The van der Waals surface area contributed by atoms with Crippen molar-refractivity contribution in [3.05, 3.63) is 48.0 Å². The molecule has 1 saturated heterocycles. The summed E-state index contributed by atoms with van der Waals surface area (Å²) in [5.74, 6) is 1.01. The van der Waals surface area contributed by atoms with E-state index in [9.17, 15) is 9.59 Å². The smallest absolute Gasteiger partial charge is 0.253 e. The average Bonchev–Trinajstić information content (AvgIpc) is 2.82. The van der Waals surface area contributed by atoms with Gasteiger partial charge in [-0.3, -0.25) is 9.59 Å². The summed E-state index contributed by atoms with van der Waals surface area (Å²) < 4.78 is 5.53. The molecule has 2 N–H and O–H groups in total. The second-order valence-electron chi connectivity index (χ2n) is 10.2. The molecule has 2 amide bonds. The van der Waals surface area contributed by atoms with Crippen LogP contribution in [0, 0.1) is 11.3 Å². The van der Waals surface area contributed by atoms with Crippen LogP contribution in [0.1, 0.15) is 45.0 Å². The molecule has 3 rings (SSSR count). The lowest BCUT2D eigenvalue weighted by Crippen LogP contribution is -2.47. The lowest BCUT2D eigenvalue weighted by Gasteiger charge is -2.38. The number of carbonyl (C=O) groups is 2. The second-order valence-corrected chi connectivity index (χ2v) is 10.2. The molecule has 0 aromatic heterocycles. The maximum Gasteiger partial charge on any atom is 0.253 e. The molecule has 0 saturated carbocycles. The van der Waals surface area contributed by atoms with Gasteiger partial charge in [-0.2, -0.15) is 0 Å². The maximum atomic E-state index is 13.1. The number of amides is 2. The first-order chi connectivity index (χ1) is 16.1. The van der Waals surface area contributed by atoms with E-state index in [1.54, 1.807) is 13.2 Å². The summed E-state index contributed by atoms with van der Waals surface area (Å²) >= 11 is 0. The fourth-order valence-corrected chi connectivity index (χ4v) is 3.86. The van der Waals surface area contributed by atoms with E-state index in [-0.39, 0.29) is 11.8 Å². The number of piperazine rings is 1. The van der Waals surface area contributed by atoms with Gasteiger partial charge in [0.15, 0.2) is 0 Å². The molecule has 0 bridgehead atoms. The zero-order valence-corrected chi connectivity index (χ0v) is 21.3. The first kappa shape index (κ1) is 25.4. The molecule has 7 nitrogen and oxygen atoms in total. The quantitative estimate of drug-likeness (QED) is 0.633. The molecule has 0 radical (unpaired) electrons. The Hall–Kier alpha value is -3.22. The summed E-state index contributed by atoms with van der Waals surface area (Å²) in [6.45, 7) is 13.5. The summed E-state index contributed by atoms with van der Waals surface area (Å²) in [5.41, 5.74) is 2.66. The van der Waals surface area contributed by atoms with Gasteiger partial charge in [0.1, 0.15) is 5.75 Å². The molecule has 1 fully saturated rings. The van der Waals surface area contributed by atoms with Gasteiger partial charge in [0.25, 0.3) is 5.91 Å². The van der Waals surface area contributed by atoms with E-state index >= 15 is 0 Å². The Kier molecular flexibility index (Phi) is 8.07. The van der Waals surface area contributed by atoms with Crippen molar-refractivity contribution in [3.8, 4) is 5.75 Å². The molecule has 7 heteroatoms. The first-order valence-electron chi connectivity index (χ1n) is 12.0. The van der Waals surface area contributed by atoms with Gasteiger partial charge < -0.3 is 25.2 Å². The molecule has 0 aliphatic carbocycles. The van der Waals surface area contributed by atoms with Crippen LogP contribution in [0.2, 0.25) is 0 Å². The van der Waals surface area contributed by atoms with Crippen LogP contribution in [-0.2, 0) is 4.79 Å². The van der Waals surface area contributed by atoms with E-state index < -0.39 is 5.41 Å². The normalized spacial score (nSPS) is 14.2. The minimum Gasteiger partial charge on any atom is -0.495 e. The number of hydrogen-bond donors (Lipinski definition) is 2. The molecule has 2 aromatic carbocycles. The standard InChI is InChI=1S/C27H38N4O3/c1-19(2)18-28-25(32)21-17-20(29-26(33)27(3,4)5)11-12-22(21)30-13-15-31(16-14-30)23-9-7-8-10-24(23)34-6/h7-12,17,19H,13-16,18H2,1-6H3,(H,28,32)(H,29,33). The SMILES string of the molecule is COc1ccccc1N1CCN(c2ccc(NC(=O)C(C)(C)C)cc2C(=O)NCC(C)C)CC1. The highest BCUT2D eigenvalue weighted by atomic mass is 16.5. The summed E-state index contributed by atoms with van der Waals surface area (Å²) in [7, 11) is 1.69. The number of anilines is 3. The summed E-state index contributed by atoms with van der Waals surface area (Å²) in [5, 5.41) is 5.99. The summed E-state index contributed by atoms with van der Waals surface area (Å²) in [4.78, 5) is 30.2. The van der Waals surface area contributed by atoms with E-state index in [1.165, 1.54) is 0 Å². The van der Waals surface area contributed by atoms with Gasteiger partial charge >= 0.3 is 0 Å². The van der Waals surface area contributed by atoms with E-state index in [0.717, 1.165) is 43.3 Å². The Morgan fingerprint density at radius 2 is 1.59 bits per heavy atom. The van der Waals surface area contributed by atoms with Crippen molar-refractivity contribution in [2.24, 2.45) is 11.3 Å². The van der Waals surface area contributed by atoms with Crippen LogP contribution in [0.3, 0.4) is 0 Å². The minimum absolute atomic E-state index is 0.0841. The van der Waals surface area contributed by atoms with Crippen molar-refractivity contribution in [2.45, 2.75) is 34.6 Å². The Morgan fingerprint density at radius 1 is 0.971 bits per heavy atom. The van der Waals surface area contributed by atoms with Crippen molar-refractivity contribution >= 4 is 28.9 Å². The lowest BCUT2D eigenvalue weighted by atomic mass is 9.95. The Bertz CT molecular complexity index is 1010. The average molecular weight is 467 g/mol. The van der Waals surface area contributed by atoms with Crippen LogP contribution >= 0.6 is 0 Å². The molecule has 1 heterocycles. The Morgan fingerprint density at radius 3 is 2.18 bits per heavy atom. The van der Waals surface area contributed by atoms with Crippen molar-refractivity contribution in [1.29, 1.82) is 0 Å². The largest absolute Gasteiger partial charge is 0.495 e. The molecule has 0 unspecified atom stereocenters. The van der Waals surface area contributed by atoms with Gasteiger partial charge in [0, 0.05) is 49.5 Å². The van der Waals surface area contributed by atoms with Crippen molar-refractivity contribution < 1.29 is 14.3 Å². The number of rotatable bonds is 7. The third-order valence-electron chi connectivity index (χ3n) is 5.90. The number of para-hydroxylation sites is 2. The van der Waals surface area contributed by atoms with Crippen LogP contribution in [0.25, 0.3) is 0 Å². The molecule has 34 heavy (non-hydrogen) atoms. The molecule has 0 spiro atoms. The second kappa shape index (κ2) is 10.8. The summed E-state index contributed by atoms with van der Waals surface area (Å²) in [6, 6.07) is 13.7. The topological polar surface area (TPSA) is 73.9 Å². The van der Waals surface area contributed by atoms with E-state index in [1.807, 2.05) is 51.1 Å². The molecule has 184 valence electrons. The maximum absolute atomic E-state index is 13.1. The highest BCUT2D eigenvalue weighted by molar-refractivity contribution is 6.02. The third kappa shape index (κ3) is 6.22. The number of nitrogens with one attached hydrogen (secondary N) is 2. The number of ether oxygens (including phenoxy) is 1. The van der Waals surface area contributed by atoms with Gasteiger partial charge in [-0.25, -0.2) is 0 Å². The number of methoxy groups -OCH3 is 1. The molecule has 1 aliphatic heterocycles. The van der Waals surface area contributed by atoms with Gasteiger partial charge in [-0.05, 0) is 36.2 Å². The Labute approximate surface area is 203 Å². The predicted octanol–water partition coefficient (Wildman–Crippen LogP) is 4.39.